The number of ketones is 2. The Balaban J connectivity index is 1.32. The first-order valence-corrected chi connectivity index (χ1v) is 16.9. The molecule has 0 radical (unpaired) electrons. The van der Waals surface area contributed by atoms with Crippen molar-refractivity contribution in [2.24, 2.45) is 29.1 Å². The highest BCUT2D eigenvalue weighted by atomic mass is 16.5. The highest BCUT2D eigenvalue weighted by molar-refractivity contribution is 5.89. The minimum Gasteiger partial charge on any atom is -0.504 e. The highest BCUT2D eigenvalue weighted by Gasteiger charge is 2.48. The largest absolute Gasteiger partial charge is 0.504 e. The molecule has 8 unspecified atom stereocenters. The maximum atomic E-state index is 13.9. The zero-order valence-electron chi connectivity index (χ0n) is 26.2. The quantitative estimate of drug-likeness (QED) is 0.251. The molecule has 8 atom stereocenters. The van der Waals surface area contributed by atoms with Crippen LogP contribution in [0.2, 0.25) is 0 Å². The predicted molar refractivity (Wildman–Crippen MR) is 167 cm³/mol. The zero-order valence-corrected chi connectivity index (χ0v) is 26.2. The number of aryl methyl sites for hydroxylation is 1. The lowest BCUT2D eigenvalue weighted by Gasteiger charge is -2.44. The maximum Gasteiger partial charge on any atom is 0.160 e. The van der Waals surface area contributed by atoms with Gasteiger partial charge in [-0.15, -0.1) is 0 Å². The number of fused-ring (bicyclic) bond motifs is 2. The van der Waals surface area contributed by atoms with E-state index in [2.05, 4.69) is 17.2 Å². The first-order chi connectivity index (χ1) is 21.3. The van der Waals surface area contributed by atoms with E-state index < -0.39 is 11.5 Å². The summed E-state index contributed by atoms with van der Waals surface area (Å²) in [5.74, 6) is 8.81. The highest BCUT2D eigenvalue weighted by Crippen LogP contribution is 2.46. The number of nitrogens with one attached hydrogen (secondary N) is 1. The molecule has 1 aliphatic heterocycles. The first-order valence-electron chi connectivity index (χ1n) is 16.9. The number of ether oxygens (including phenoxy) is 1. The number of benzene rings is 1. The van der Waals surface area contributed by atoms with E-state index in [1.54, 1.807) is 12.1 Å². The SMILES string of the molecule is COc1cc2c(cc1O)C(CCCO)C#CC1(CCC(CC(CCCO)C3CNC4CC(=O)CCC4C3)CC1O)C(=O)CC2. The Morgan fingerprint density at radius 1 is 1.09 bits per heavy atom. The van der Waals surface area contributed by atoms with Crippen LogP contribution in [0.3, 0.4) is 0 Å². The maximum absolute atomic E-state index is 13.9. The monoisotopic (exact) mass is 609 g/mol. The van der Waals surface area contributed by atoms with Crippen LogP contribution >= 0.6 is 0 Å². The zero-order chi connectivity index (χ0) is 31.3. The second kappa shape index (κ2) is 14.8. The molecule has 3 fully saturated rings. The number of aliphatic hydroxyl groups is 3. The smallest absolute Gasteiger partial charge is 0.160 e. The Hall–Kier alpha value is -2.44. The summed E-state index contributed by atoms with van der Waals surface area (Å²) in [6, 6.07) is 3.77. The number of methoxy groups -OCH3 is 1. The van der Waals surface area contributed by atoms with Gasteiger partial charge in [0.1, 0.15) is 11.2 Å². The molecular formula is C36H51NO7. The van der Waals surface area contributed by atoms with Crippen LogP contribution in [-0.2, 0) is 16.0 Å². The number of piperidine rings is 1. The van der Waals surface area contributed by atoms with E-state index >= 15 is 0 Å². The molecule has 1 heterocycles. The van der Waals surface area contributed by atoms with E-state index in [0.29, 0.717) is 80.3 Å². The van der Waals surface area contributed by atoms with Crippen LogP contribution in [0.1, 0.15) is 101 Å². The van der Waals surface area contributed by atoms with Gasteiger partial charge in [-0.1, -0.05) is 11.8 Å². The fourth-order valence-corrected chi connectivity index (χ4v) is 8.65. The molecule has 1 aromatic carbocycles. The van der Waals surface area contributed by atoms with Crippen molar-refractivity contribution in [3.63, 3.8) is 0 Å². The molecule has 5 N–H and O–H groups in total. The van der Waals surface area contributed by atoms with Crippen LogP contribution in [0.4, 0.5) is 0 Å². The fourth-order valence-electron chi connectivity index (χ4n) is 8.65. The van der Waals surface area contributed by atoms with Crippen LogP contribution in [0.15, 0.2) is 12.1 Å². The third-order valence-electron chi connectivity index (χ3n) is 11.2. The number of rotatable bonds is 10. The van der Waals surface area contributed by atoms with Crippen molar-refractivity contribution in [1.29, 1.82) is 0 Å². The van der Waals surface area contributed by atoms with Crippen molar-refractivity contribution >= 4 is 11.6 Å². The van der Waals surface area contributed by atoms with Gasteiger partial charge in [0, 0.05) is 44.4 Å². The van der Waals surface area contributed by atoms with Crippen LogP contribution in [0.25, 0.3) is 0 Å². The number of hydrogen-bond donors (Lipinski definition) is 5. The number of phenols is 1. The van der Waals surface area contributed by atoms with Crippen molar-refractivity contribution in [2.75, 3.05) is 26.9 Å². The van der Waals surface area contributed by atoms with E-state index in [4.69, 9.17) is 4.74 Å². The van der Waals surface area contributed by atoms with Crippen LogP contribution in [0, 0.1) is 40.9 Å². The topological polar surface area (TPSA) is 136 Å². The lowest BCUT2D eigenvalue weighted by Crippen LogP contribution is -2.50. The molecule has 8 heteroatoms. The lowest BCUT2D eigenvalue weighted by atomic mass is 9.63. The van der Waals surface area contributed by atoms with Crippen molar-refractivity contribution in [2.45, 2.75) is 108 Å². The predicted octanol–water partition coefficient (Wildman–Crippen LogP) is 4.05. The molecule has 1 saturated heterocycles. The molecule has 5 rings (SSSR count). The van der Waals surface area contributed by atoms with Gasteiger partial charge in [0.25, 0.3) is 0 Å². The number of carbonyl (C=O) groups excluding carboxylic acids is 2. The van der Waals surface area contributed by atoms with Crippen molar-refractivity contribution in [3.8, 4) is 23.3 Å². The number of phenolic OH excluding ortho intramolecular Hbond substituents is 1. The molecule has 2 saturated carbocycles. The minimum atomic E-state index is -1.11. The molecular weight excluding hydrogens is 558 g/mol. The van der Waals surface area contributed by atoms with E-state index in [-0.39, 0.29) is 43.0 Å². The normalized spacial score (nSPS) is 32.8. The van der Waals surface area contributed by atoms with E-state index in [9.17, 15) is 30.0 Å². The Kier molecular flexibility index (Phi) is 11.1. The molecule has 0 amide bonds. The summed E-state index contributed by atoms with van der Waals surface area (Å²) in [6.07, 6.45) is 8.90. The van der Waals surface area contributed by atoms with Crippen LogP contribution in [0.5, 0.6) is 11.5 Å². The van der Waals surface area contributed by atoms with E-state index in [1.165, 1.54) is 7.11 Å². The Morgan fingerprint density at radius 3 is 2.66 bits per heavy atom. The minimum absolute atomic E-state index is 0.0250. The van der Waals surface area contributed by atoms with Crippen LogP contribution in [-0.4, -0.2) is 71.0 Å². The second-order valence-corrected chi connectivity index (χ2v) is 13.9. The fraction of sp³-hybridized carbons (Fsp3) is 0.722. The molecule has 1 spiro atoms. The van der Waals surface area contributed by atoms with Crippen molar-refractivity contribution < 1.29 is 34.8 Å². The average molecular weight is 610 g/mol. The summed E-state index contributed by atoms with van der Waals surface area (Å²) >= 11 is 0. The molecule has 44 heavy (non-hydrogen) atoms. The number of Topliss-reactive ketones (excluding diaryl/α,β-unsaturated/α-hetero) is 2. The molecule has 8 nitrogen and oxygen atoms in total. The number of aromatic hydroxyl groups is 1. The first kappa shape index (κ1) is 32.9. The van der Waals surface area contributed by atoms with Crippen molar-refractivity contribution in [3.05, 3.63) is 23.3 Å². The van der Waals surface area contributed by atoms with Gasteiger partial charge in [0.05, 0.1) is 13.2 Å². The standard InChI is InChI=1S/C36H51NO7/c1-44-33-19-26-7-9-34(42)36(13-11-24(4-2-14-38)30(26)21-32(33)41)12-10-23(17-35(36)43)16-25(5-3-15-39)28-18-27-6-8-29(40)20-31(27)37-22-28/h19,21,23-25,27-28,31,35,37-39,41,43H,2-10,12,14-18,20,22H2,1H3. The van der Waals surface area contributed by atoms with Crippen molar-refractivity contribution in [1.82, 2.24) is 5.32 Å². The number of carbonyl (C=O) groups is 2. The number of hydrogen-bond acceptors (Lipinski definition) is 8. The molecule has 3 aliphatic carbocycles. The average Bonchev–Trinajstić information content (AvgIpc) is 3.07. The summed E-state index contributed by atoms with van der Waals surface area (Å²) in [5, 5.41) is 45.1. The van der Waals surface area contributed by atoms with E-state index in [1.807, 2.05) is 0 Å². The molecule has 242 valence electrons. The molecule has 0 bridgehead atoms. The van der Waals surface area contributed by atoms with Gasteiger partial charge in [-0.2, -0.15) is 0 Å². The van der Waals surface area contributed by atoms with Gasteiger partial charge in [0.2, 0.25) is 0 Å². The van der Waals surface area contributed by atoms with Gasteiger partial charge in [-0.3, -0.25) is 9.59 Å². The summed E-state index contributed by atoms with van der Waals surface area (Å²) in [5.41, 5.74) is 0.647. The molecule has 0 aromatic heterocycles. The van der Waals surface area contributed by atoms with Gasteiger partial charge in [0.15, 0.2) is 17.3 Å². The summed E-state index contributed by atoms with van der Waals surface area (Å²) < 4.78 is 5.34. The molecule has 1 aromatic rings. The summed E-state index contributed by atoms with van der Waals surface area (Å²) in [6.45, 7) is 1.09. The van der Waals surface area contributed by atoms with E-state index in [0.717, 1.165) is 56.2 Å². The van der Waals surface area contributed by atoms with Gasteiger partial charge in [-0.25, -0.2) is 0 Å². The Labute approximate surface area is 262 Å². The Bertz CT molecular complexity index is 1240. The second-order valence-electron chi connectivity index (χ2n) is 13.9. The number of aliphatic hydroxyl groups excluding tert-OH is 3. The van der Waals surface area contributed by atoms with Gasteiger partial charge in [-0.05, 0) is 124 Å². The summed E-state index contributed by atoms with van der Waals surface area (Å²) in [4.78, 5) is 25.9. The summed E-state index contributed by atoms with van der Waals surface area (Å²) in [7, 11) is 1.50. The van der Waals surface area contributed by atoms with Gasteiger partial charge < -0.3 is 30.5 Å². The lowest BCUT2D eigenvalue weighted by molar-refractivity contribution is -0.134. The Morgan fingerprint density at radius 2 is 1.91 bits per heavy atom. The molecule has 4 aliphatic rings. The van der Waals surface area contributed by atoms with Crippen LogP contribution < -0.4 is 10.1 Å². The third-order valence-corrected chi connectivity index (χ3v) is 11.2. The third kappa shape index (κ3) is 7.17. The van der Waals surface area contributed by atoms with Gasteiger partial charge >= 0.3 is 0 Å².